The third-order valence-electron chi connectivity index (χ3n) is 2.92. The minimum Gasteiger partial charge on any atom is -0.393 e. The number of hydrogen-bond acceptors (Lipinski definition) is 2. The van der Waals surface area contributed by atoms with Crippen molar-refractivity contribution in [2.45, 2.75) is 25.1 Å². The molecule has 80 valence electrons. The van der Waals surface area contributed by atoms with E-state index in [0.29, 0.717) is 12.8 Å². The Morgan fingerprint density at radius 2 is 1.86 bits per heavy atom. The predicted octanol–water partition coefficient (Wildman–Crippen LogP) is 0.532. The average molecular weight is 209 g/mol. The fourth-order valence-corrected chi connectivity index (χ4v) is 2.28. The van der Waals surface area contributed by atoms with Crippen LogP contribution in [0.15, 0.2) is 0 Å². The molecule has 0 radical (unpaired) electrons. The van der Waals surface area contributed by atoms with E-state index < -0.39 is 18.2 Å². The van der Waals surface area contributed by atoms with Gasteiger partial charge in [0.15, 0.2) is 0 Å². The van der Waals surface area contributed by atoms with Crippen molar-refractivity contribution in [3.05, 3.63) is 0 Å². The summed E-state index contributed by atoms with van der Waals surface area (Å²) in [6, 6.07) is 0. The van der Waals surface area contributed by atoms with Crippen LogP contribution in [0.25, 0.3) is 0 Å². The maximum atomic E-state index is 11.9. The average Bonchev–Trinajstić information content (AvgIpc) is 1.90. The highest BCUT2D eigenvalue weighted by Gasteiger charge is 2.57. The van der Waals surface area contributed by atoms with Gasteiger partial charge in [-0.1, -0.05) is 0 Å². The van der Waals surface area contributed by atoms with Crippen LogP contribution < -0.4 is 0 Å². The number of nitrogens with zero attached hydrogens (tertiary/aromatic N) is 1. The molecule has 2 rings (SSSR count). The van der Waals surface area contributed by atoms with E-state index in [1.807, 2.05) is 0 Å². The molecule has 2 aliphatic rings. The van der Waals surface area contributed by atoms with Crippen molar-refractivity contribution < 1.29 is 23.1 Å². The lowest BCUT2D eigenvalue weighted by molar-refractivity contribution is -0.206. The molecule has 1 aliphatic carbocycles. The zero-order valence-electron chi connectivity index (χ0n) is 7.34. The van der Waals surface area contributed by atoms with Crippen molar-refractivity contribution in [3.8, 4) is 0 Å². The van der Waals surface area contributed by atoms with Gasteiger partial charge < -0.3 is 10.0 Å². The SMILES string of the molecule is O=C(N1CC2(CC(O)C2)C1)C(F)(F)F. The molecule has 1 spiro atoms. The van der Waals surface area contributed by atoms with Gasteiger partial charge in [-0.25, -0.2) is 0 Å². The quantitative estimate of drug-likeness (QED) is 0.632. The molecule has 14 heavy (non-hydrogen) atoms. The van der Waals surface area contributed by atoms with Crippen molar-refractivity contribution in [3.63, 3.8) is 0 Å². The Balaban J connectivity index is 1.86. The van der Waals surface area contributed by atoms with E-state index in [4.69, 9.17) is 5.11 Å². The Bertz CT molecular complexity index is 262. The van der Waals surface area contributed by atoms with Crippen molar-refractivity contribution in [2.75, 3.05) is 13.1 Å². The molecule has 2 fully saturated rings. The topological polar surface area (TPSA) is 40.5 Å². The first-order chi connectivity index (χ1) is 6.32. The van der Waals surface area contributed by atoms with E-state index in [0.717, 1.165) is 4.90 Å². The van der Waals surface area contributed by atoms with Gasteiger partial charge in [0.05, 0.1) is 6.10 Å². The molecule has 0 atom stereocenters. The van der Waals surface area contributed by atoms with Crippen LogP contribution in [0.1, 0.15) is 12.8 Å². The molecule has 0 aromatic heterocycles. The first-order valence-electron chi connectivity index (χ1n) is 4.37. The number of likely N-dealkylation sites (tertiary alicyclic amines) is 1. The summed E-state index contributed by atoms with van der Waals surface area (Å²) >= 11 is 0. The standard InChI is InChI=1S/C8H10F3NO2/c9-8(10,11)6(14)12-3-7(4-12)1-5(13)2-7/h5,13H,1-4H2. The third kappa shape index (κ3) is 1.37. The Morgan fingerprint density at radius 3 is 2.21 bits per heavy atom. The molecule has 6 heteroatoms. The smallest absolute Gasteiger partial charge is 0.393 e. The highest BCUT2D eigenvalue weighted by atomic mass is 19.4. The Hall–Kier alpha value is -0.780. The fraction of sp³-hybridized carbons (Fsp3) is 0.875. The maximum absolute atomic E-state index is 11.9. The van der Waals surface area contributed by atoms with E-state index in [1.165, 1.54) is 0 Å². The number of rotatable bonds is 0. The van der Waals surface area contributed by atoms with Crippen molar-refractivity contribution in [1.29, 1.82) is 0 Å². The largest absolute Gasteiger partial charge is 0.471 e. The second kappa shape index (κ2) is 2.62. The summed E-state index contributed by atoms with van der Waals surface area (Å²) in [4.78, 5) is 11.5. The van der Waals surface area contributed by atoms with E-state index in [2.05, 4.69) is 0 Å². The first-order valence-corrected chi connectivity index (χ1v) is 4.37. The molecule has 1 saturated carbocycles. The molecular weight excluding hydrogens is 199 g/mol. The lowest BCUT2D eigenvalue weighted by atomic mass is 9.62. The zero-order chi connectivity index (χ0) is 10.6. The molecule has 3 nitrogen and oxygen atoms in total. The predicted molar refractivity (Wildman–Crippen MR) is 40.3 cm³/mol. The summed E-state index contributed by atoms with van der Waals surface area (Å²) in [5.41, 5.74) is -0.208. The minimum atomic E-state index is -4.76. The van der Waals surface area contributed by atoms with Crippen LogP contribution in [0.3, 0.4) is 0 Å². The van der Waals surface area contributed by atoms with E-state index >= 15 is 0 Å². The lowest BCUT2D eigenvalue weighted by Gasteiger charge is -2.57. The van der Waals surface area contributed by atoms with Crippen LogP contribution in [-0.4, -0.2) is 41.3 Å². The fourth-order valence-electron chi connectivity index (χ4n) is 2.28. The normalized spacial score (nSPS) is 25.9. The summed E-state index contributed by atoms with van der Waals surface area (Å²) < 4.78 is 35.8. The molecule has 1 heterocycles. The van der Waals surface area contributed by atoms with Crippen LogP contribution in [0.5, 0.6) is 0 Å². The van der Waals surface area contributed by atoms with Gasteiger partial charge in [0.1, 0.15) is 0 Å². The number of alkyl halides is 3. The highest BCUT2D eigenvalue weighted by molar-refractivity contribution is 5.82. The minimum absolute atomic E-state index is 0.141. The van der Waals surface area contributed by atoms with Gasteiger partial charge >= 0.3 is 12.1 Å². The molecule has 1 amide bonds. The number of hydrogen-bond donors (Lipinski definition) is 1. The van der Waals surface area contributed by atoms with Gasteiger partial charge in [-0.3, -0.25) is 4.79 Å². The molecule has 0 bridgehead atoms. The number of halogens is 3. The Morgan fingerprint density at radius 1 is 1.36 bits per heavy atom. The molecule has 1 aliphatic heterocycles. The van der Waals surface area contributed by atoms with Gasteiger partial charge in [0.2, 0.25) is 0 Å². The van der Waals surface area contributed by atoms with Crippen LogP contribution in [0, 0.1) is 5.41 Å². The van der Waals surface area contributed by atoms with Gasteiger partial charge in [0.25, 0.3) is 0 Å². The van der Waals surface area contributed by atoms with Gasteiger partial charge in [-0.2, -0.15) is 13.2 Å². The van der Waals surface area contributed by atoms with E-state index in [1.54, 1.807) is 0 Å². The van der Waals surface area contributed by atoms with Crippen LogP contribution >= 0.6 is 0 Å². The molecule has 0 unspecified atom stereocenters. The number of carbonyl (C=O) groups excluding carboxylic acids is 1. The van der Waals surface area contributed by atoms with E-state index in [-0.39, 0.29) is 18.5 Å². The summed E-state index contributed by atoms with van der Waals surface area (Å²) in [5.74, 6) is -1.76. The zero-order valence-corrected chi connectivity index (χ0v) is 7.34. The maximum Gasteiger partial charge on any atom is 0.471 e. The number of carbonyl (C=O) groups is 1. The first kappa shape index (κ1) is 9.76. The molecule has 0 aromatic rings. The summed E-state index contributed by atoms with van der Waals surface area (Å²) in [6.07, 6.45) is -4.11. The Kier molecular flexibility index (Phi) is 1.83. The molecular formula is C8H10F3NO2. The van der Waals surface area contributed by atoms with Crippen molar-refractivity contribution >= 4 is 5.91 Å². The summed E-state index contributed by atoms with van der Waals surface area (Å²) in [5, 5.41) is 9.01. The number of amides is 1. The van der Waals surface area contributed by atoms with Crippen LogP contribution in [0.4, 0.5) is 13.2 Å². The van der Waals surface area contributed by atoms with Gasteiger partial charge in [-0.15, -0.1) is 0 Å². The third-order valence-corrected chi connectivity index (χ3v) is 2.92. The monoisotopic (exact) mass is 209 g/mol. The van der Waals surface area contributed by atoms with Crippen molar-refractivity contribution in [1.82, 2.24) is 4.90 Å². The van der Waals surface area contributed by atoms with Crippen molar-refractivity contribution in [2.24, 2.45) is 5.41 Å². The lowest BCUT2D eigenvalue weighted by Crippen LogP contribution is -2.66. The number of aliphatic hydroxyl groups excluding tert-OH is 1. The second-order valence-electron chi connectivity index (χ2n) is 4.22. The molecule has 1 N–H and O–H groups in total. The molecule has 0 aromatic carbocycles. The van der Waals surface area contributed by atoms with Crippen LogP contribution in [0.2, 0.25) is 0 Å². The Labute approximate surface area is 78.5 Å². The number of aliphatic hydroxyl groups is 1. The highest BCUT2D eigenvalue weighted by Crippen LogP contribution is 2.48. The summed E-state index contributed by atoms with van der Waals surface area (Å²) in [7, 11) is 0. The van der Waals surface area contributed by atoms with Crippen LogP contribution in [-0.2, 0) is 4.79 Å². The summed E-state index contributed by atoms with van der Waals surface area (Å²) in [6.45, 7) is 0.283. The second-order valence-corrected chi connectivity index (χ2v) is 4.22. The molecule has 1 saturated heterocycles. The van der Waals surface area contributed by atoms with Gasteiger partial charge in [-0.05, 0) is 12.8 Å². The van der Waals surface area contributed by atoms with Gasteiger partial charge in [0, 0.05) is 18.5 Å². The van der Waals surface area contributed by atoms with E-state index in [9.17, 15) is 18.0 Å².